The fourth-order valence-corrected chi connectivity index (χ4v) is 2.87. The largest absolute Gasteiger partial charge is 0.464 e. The molecule has 2 aromatic heterocycles. The predicted molar refractivity (Wildman–Crippen MR) is 89.6 cm³/mol. The molecule has 8 heteroatoms. The zero-order valence-corrected chi connectivity index (χ0v) is 14.4. The van der Waals surface area contributed by atoms with Crippen molar-refractivity contribution in [2.24, 2.45) is 0 Å². The van der Waals surface area contributed by atoms with Crippen molar-refractivity contribution in [3.05, 3.63) is 47.5 Å². The van der Waals surface area contributed by atoms with E-state index in [0.29, 0.717) is 32.7 Å². The van der Waals surface area contributed by atoms with Gasteiger partial charge in [0, 0.05) is 25.5 Å². The SMILES string of the molecule is COC(=O)c1cc2n(n1)CCN(C(=O)CN(C)Cc1ccncc1)C2. The minimum atomic E-state index is -0.461. The molecule has 0 atom stereocenters. The van der Waals surface area contributed by atoms with Gasteiger partial charge in [0.1, 0.15) is 0 Å². The molecule has 1 aliphatic heterocycles. The zero-order valence-electron chi connectivity index (χ0n) is 14.4. The molecule has 0 bridgehead atoms. The molecule has 8 nitrogen and oxygen atoms in total. The number of pyridine rings is 1. The number of fused-ring (bicyclic) bond motifs is 1. The lowest BCUT2D eigenvalue weighted by atomic mass is 10.2. The number of aromatic nitrogens is 3. The molecule has 1 amide bonds. The van der Waals surface area contributed by atoms with Gasteiger partial charge in [0.15, 0.2) is 5.69 Å². The highest BCUT2D eigenvalue weighted by Crippen LogP contribution is 2.15. The fraction of sp³-hybridized carbons (Fsp3) is 0.412. The Morgan fingerprint density at radius 2 is 2.04 bits per heavy atom. The van der Waals surface area contributed by atoms with E-state index in [1.165, 1.54) is 7.11 Å². The first-order valence-corrected chi connectivity index (χ1v) is 8.07. The van der Waals surface area contributed by atoms with E-state index in [1.54, 1.807) is 28.0 Å². The monoisotopic (exact) mass is 343 g/mol. The summed E-state index contributed by atoms with van der Waals surface area (Å²) in [5, 5.41) is 4.22. The van der Waals surface area contributed by atoms with Gasteiger partial charge in [-0.3, -0.25) is 19.4 Å². The maximum absolute atomic E-state index is 12.6. The number of methoxy groups -OCH3 is 1. The number of nitrogens with zero attached hydrogens (tertiary/aromatic N) is 5. The third kappa shape index (κ3) is 4.03. The molecule has 3 rings (SSSR count). The summed E-state index contributed by atoms with van der Waals surface area (Å²) in [5.74, 6) is -0.402. The van der Waals surface area contributed by atoms with Crippen molar-refractivity contribution in [2.45, 2.75) is 19.6 Å². The number of carbonyl (C=O) groups excluding carboxylic acids is 2. The lowest BCUT2D eigenvalue weighted by molar-refractivity contribution is -0.133. The van der Waals surface area contributed by atoms with Crippen LogP contribution in [0.3, 0.4) is 0 Å². The third-order valence-corrected chi connectivity index (χ3v) is 4.15. The summed E-state index contributed by atoms with van der Waals surface area (Å²) in [6.07, 6.45) is 3.49. The van der Waals surface area contributed by atoms with Gasteiger partial charge in [-0.25, -0.2) is 4.79 Å². The van der Waals surface area contributed by atoms with Crippen molar-refractivity contribution in [1.82, 2.24) is 24.6 Å². The Kier molecular flexibility index (Phi) is 5.08. The van der Waals surface area contributed by atoms with E-state index >= 15 is 0 Å². The van der Waals surface area contributed by atoms with Crippen LogP contribution in [0.25, 0.3) is 0 Å². The molecule has 132 valence electrons. The molecule has 0 unspecified atom stereocenters. The van der Waals surface area contributed by atoms with Crippen molar-refractivity contribution >= 4 is 11.9 Å². The van der Waals surface area contributed by atoms with Crippen LogP contribution in [0, 0.1) is 0 Å². The van der Waals surface area contributed by atoms with Crippen LogP contribution in [-0.2, 0) is 29.2 Å². The first-order chi connectivity index (χ1) is 12.1. The Labute approximate surface area is 146 Å². The molecule has 2 aromatic rings. The highest BCUT2D eigenvalue weighted by Gasteiger charge is 2.24. The molecule has 0 spiro atoms. The quantitative estimate of drug-likeness (QED) is 0.737. The van der Waals surface area contributed by atoms with Crippen LogP contribution in [0.1, 0.15) is 21.7 Å². The van der Waals surface area contributed by atoms with Gasteiger partial charge in [0.2, 0.25) is 5.91 Å². The number of likely N-dealkylation sites (N-methyl/N-ethyl adjacent to an activating group) is 1. The number of carbonyl (C=O) groups is 2. The number of hydrogen-bond donors (Lipinski definition) is 0. The van der Waals surface area contributed by atoms with E-state index in [9.17, 15) is 9.59 Å². The van der Waals surface area contributed by atoms with Crippen LogP contribution in [0.5, 0.6) is 0 Å². The molecule has 0 saturated carbocycles. The normalized spacial score (nSPS) is 13.6. The van der Waals surface area contributed by atoms with Crippen molar-refractivity contribution in [3.8, 4) is 0 Å². The summed E-state index contributed by atoms with van der Waals surface area (Å²) in [6, 6.07) is 5.56. The van der Waals surface area contributed by atoms with Gasteiger partial charge in [-0.05, 0) is 30.8 Å². The molecule has 0 aliphatic carbocycles. The highest BCUT2D eigenvalue weighted by molar-refractivity contribution is 5.87. The first-order valence-electron chi connectivity index (χ1n) is 8.07. The summed E-state index contributed by atoms with van der Waals surface area (Å²) in [4.78, 5) is 31.9. The predicted octanol–water partition coefficient (Wildman–Crippen LogP) is 0.539. The molecule has 3 heterocycles. The molecule has 0 fully saturated rings. The van der Waals surface area contributed by atoms with Crippen LogP contribution >= 0.6 is 0 Å². The second-order valence-corrected chi connectivity index (χ2v) is 6.08. The lowest BCUT2D eigenvalue weighted by Gasteiger charge is -2.29. The number of hydrogen-bond acceptors (Lipinski definition) is 6. The first kappa shape index (κ1) is 17.1. The van der Waals surface area contributed by atoms with Gasteiger partial charge >= 0.3 is 5.97 Å². The lowest BCUT2D eigenvalue weighted by Crippen LogP contribution is -2.43. The Balaban J connectivity index is 1.58. The number of ether oxygens (including phenoxy) is 1. The minimum absolute atomic E-state index is 0.0589. The maximum atomic E-state index is 12.6. The van der Waals surface area contributed by atoms with Gasteiger partial charge in [0.05, 0.1) is 32.4 Å². The molecule has 0 aromatic carbocycles. The molecular weight excluding hydrogens is 322 g/mol. The molecular formula is C17H21N5O3. The molecule has 1 aliphatic rings. The van der Waals surface area contributed by atoms with Crippen molar-refractivity contribution < 1.29 is 14.3 Å². The summed E-state index contributed by atoms with van der Waals surface area (Å²) >= 11 is 0. The Bertz CT molecular complexity index is 759. The van der Waals surface area contributed by atoms with Crippen LogP contribution in [0.4, 0.5) is 0 Å². The van der Waals surface area contributed by atoms with Crippen LogP contribution in [-0.4, -0.2) is 63.7 Å². The minimum Gasteiger partial charge on any atom is -0.464 e. The molecule has 0 radical (unpaired) electrons. The Morgan fingerprint density at radius 3 is 2.76 bits per heavy atom. The topological polar surface area (TPSA) is 80.6 Å². The van der Waals surface area contributed by atoms with E-state index in [4.69, 9.17) is 4.74 Å². The third-order valence-electron chi connectivity index (χ3n) is 4.15. The second kappa shape index (κ2) is 7.43. The number of rotatable bonds is 5. The molecule has 25 heavy (non-hydrogen) atoms. The van der Waals surface area contributed by atoms with Gasteiger partial charge < -0.3 is 9.64 Å². The van der Waals surface area contributed by atoms with Crippen LogP contribution < -0.4 is 0 Å². The average Bonchev–Trinajstić information content (AvgIpc) is 3.05. The maximum Gasteiger partial charge on any atom is 0.358 e. The van der Waals surface area contributed by atoms with Crippen molar-refractivity contribution in [1.29, 1.82) is 0 Å². The van der Waals surface area contributed by atoms with E-state index in [2.05, 4.69) is 10.1 Å². The van der Waals surface area contributed by atoms with Gasteiger partial charge in [-0.2, -0.15) is 5.10 Å². The smallest absolute Gasteiger partial charge is 0.358 e. The van der Waals surface area contributed by atoms with Gasteiger partial charge in [-0.15, -0.1) is 0 Å². The molecule has 0 N–H and O–H groups in total. The van der Waals surface area contributed by atoms with Crippen LogP contribution in [0.2, 0.25) is 0 Å². The van der Waals surface area contributed by atoms with E-state index in [-0.39, 0.29) is 11.6 Å². The van der Waals surface area contributed by atoms with Crippen molar-refractivity contribution in [3.63, 3.8) is 0 Å². The van der Waals surface area contributed by atoms with E-state index in [1.807, 2.05) is 24.1 Å². The Hall–Kier alpha value is -2.74. The standard InChI is InChI=1S/C17H21N5O3/c1-20(10-13-3-5-18-6-4-13)12-16(23)21-7-8-22-14(11-21)9-15(19-22)17(24)25-2/h3-6,9H,7-8,10-12H2,1-2H3. The highest BCUT2D eigenvalue weighted by atomic mass is 16.5. The average molecular weight is 343 g/mol. The van der Waals surface area contributed by atoms with E-state index in [0.717, 1.165) is 11.3 Å². The fourth-order valence-electron chi connectivity index (χ4n) is 2.87. The zero-order chi connectivity index (χ0) is 17.8. The molecule has 0 saturated heterocycles. The van der Waals surface area contributed by atoms with Crippen molar-refractivity contribution in [2.75, 3.05) is 27.2 Å². The van der Waals surface area contributed by atoms with Gasteiger partial charge in [-0.1, -0.05) is 0 Å². The second-order valence-electron chi connectivity index (χ2n) is 6.08. The van der Waals surface area contributed by atoms with E-state index < -0.39 is 5.97 Å². The van der Waals surface area contributed by atoms with Gasteiger partial charge in [0.25, 0.3) is 0 Å². The summed E-state index contributed by atoms with van der Waals surface area (Å²) < 4.78 is 6.45. The summed E-state index contributed by atoms with van der Waals surface area (Å²) in [5.41, 5.74) is 2.24. The van der Waals surface area contributed by atoms with Crippen LogP contribution in [0.15, 0.2) is 30.6 Å². The number of esters is 1. The summed E-state index contributed by atoms with van der Waals surface area (Å²) in [6.45, 7) is 2.63. The Morgan fingerprint density at radius 1 is 1.28 bits per heavy atom. The number of amides is 1. The summed E-state index contributed by atoms with van der Waals surface area (Å²) in [7, 11) is 3.25.